The number of rotatable bonds is 3. The number of piperazine rings is 1. The third kappa shape index (κ3) is 4.09. The number of benzene rings is 1. The van der Waals surface area contributed by atoms with Crippen LogP contribution in [0, 0.1) is 6.92 Å². The molecule has 0 aliphatic carbocycles. The molecule has 3 aromatic rings. The van der Waals surface area contributed by atoms with Crippen molar-refractivity contribution in [1.29, 1.82) is 0 Å². The molecule has 1 aliphatic rings. The Kier molecular flexibility index (Phi) is 7.29. The van der Waals surface area contributed by atoms with Crippen LogP contribution in [0.5, 0.6) is 5.75 Å². The summed E-state index contributed by atoms with van der Waals surface area (Å²) in [7, 11) is 1.65. The molecule has 1 saturated heterocycles. The summed E-state index contributed by atoms with van der Waals surface area (Å²) >= 11 is 0. The van der Waals surface area contributed by atoms with Gasteiger partial charge in [0.25, 0.3) is 5.91 Å². The molecule has 2 aromatic heterocycles. The van der Waals surface area contributed by atoms with Gasteiger partial charge in [0.15, 0.2) is 11.3 Å². The molecular formula is C20H23Cl2N3O3. The average Bonchev–Trinajstić information content (AvgIpc) is 3.10. The predicted octanol–water partition coefficient (Wildman–Crippen LogP) is 3.78. The van der Waals surface area contributed by atoms with E-state index in [0.29, 0.717) is 29.9 Å². The maximum atomic E-state index is 13.2. The van der Waals surface area contributed by atoms with Crippen LogP contribution in [-0.2, 0) is 0 Å². The quantitative estimate of drug-likeness (QED) is 0.693. The highest BCUT2D eigenvalue weighted by atomic mass is 35.5. The molecule has 3 heterocycles. The molecule has 4 rings (SSSR count). The largest absolute Gasteiger partial charge is 0.496 e. The van der Waals surface area contributed by atoms with E-state index < -0.39 is 0 Å². The van der Waals surface area contributed by atoms with E-state index in [1.54, 1.807) is 13.2 Å². The number of amides is 1. The van der Waals surface area contributed by atoms with E-state index in [1.807, 2.05) is 48.2 Å². The smallest absolute Gasteiger partial charge is 0.290 e. The lowest BCUT2D eigenvalue weighted by Crippen LogP contribution is -2.48. The Morgan fingerprint density at radius 2 is 2.04 bits per heavy atom. The molecule has 0 radical (unpaired) electrons. The first-order chi connectivity index (χ1) is 12.7. The lowest BCUT2D eigenvalue weighted by atomic mass is 10.0. The number of furan rings is 1. The SMILES string of the molecule is COc1ccccc1C1CNCCN1C(=O)c1cc2nc(C)ccc2o1.Cl.Cl. The Labute approximate surface area is 176 Å². The monoisotopic (exact) mass is 423 g/mol. The van der Waals surface area contributed by atoms with Crippen molar-refractivity contribution in [2.45, 2.75) is 13.0 Å². The highest BCUT2D eigenvalue weighted by Crippen LogP contribution is 2.31. The maximum absolute atomic E-state index is 13.2. The molecule has 1 aromatic carbocycles. The van der Waals surface area contributed by atoms with Crippen molar-refractivity contribution in [2.24, 2.45) is 0 Å². The molecule has 28 heavy (non-hydrogen) atoms. The van der Waals surface area contributed by atoms with Crippen LogP contribution < -0.4 is 10.1 Å². The summed E-state index contributed by atoms with van der Waals surface area (Å²) in [5.41, 5.74) is 3.22. The lowest BCUT2D eigenvalue weighted by molar-refractivity contribution is 0.0601. The van der Waals surface area contributed by atoms with Crippen molar-refractivity contribution in [2.75, 3.05) is 26.7 Å². The summed E-state index contributed by atoms with van der Waals surface area (Å²) in [6.07, 6.45) is 0. The van der Waals surface area contributed by atoms with E-state index in [4.69, 9.17) is 9.15 Å². The second kappa shape index (κ2) is 9.28. The molecule has 1 aliphatic heterocycles. The van der Waals surface area contributed by atoms with Crippen molar-refractivity contribution in [3.05, 3.63) is 59.5 Å². The van der Waals surface area contributed by atoms with Crippen LogP contribution in [0.1, 0.15) is 27.9 Å². The van der Waals surface area contributed by atoms with Crippen LogP contribution >= 0.6 is 24.8 Å². The number of hydrogen-bond acceptors (Lipinski definition) is 5. The molecule has 0 saturated carbocycles. The number of hydrogen-bond donors (Lipinski definition) is 1. The first-order valence-corrected chi connectivity index (χ1v) is 8.69. The molecule has 1 fully saturated rings. The normalized spacial score (nSPS) is 16.2. The number of aryl methyl sites for hydroxylation is 1. The zero-order chi connectivity index (χ0) is 18.1. The van der Waals surface area contributed by atoms with Gasteiger partial charge in [-0.3, -0.25) is 4.79 Å². The third-order valence-corrected chi connectivity index (χ3v) is 4.73. The molecule has 1 amide bonds. The Morgan fingerprint density at radius 3 is 2.82 bits per heavy atom. The van der Waals surface area contributed by atoms with E-state index >= 15 is 0 Å². The van der Waals surface area contributed by atoms with Crippen LogP contribution in [0.4, 0.5) is 0 Å². The minimum Gasteiger partial charge on any atom is -0.496 e. The van der Waals surface area contributed by atoms with Gasteiger partial charge in [0.05, 0.1) is 13.2 Å². The van der Waals surface area contributed by atoms with Crippen LogP contribution in [0.15, 0.2) is 46.9 Å². The van der Waals surface area contributed by atoms with E-state index in [-0.39, 0.29) is 36.8 Å². The van der Waals surface area contributed by atoms with Gasteiger partial charge in [-0.05, 0) is 25.1 Å². The summed E-state index contributed by atoms with van der Waals surface area (Å²) in [4.78, 5) is 19.5. The van der Waals surface area contributed by atoms with E-state index in [1.165, 1.54) is 0 Å². The van der Waals surface area contributed by atoms with Gasteiger partial charge in [-0.15, -0.1) is 24.8 Å². The zero-order valence-electron chi connectivity index (χ0n) is 15.7. The molecule has 6 nitrogen and oxygen atoms in total. The number of nitrogens with zero attached hydrogens (tertiary/aromatic N) is 2. The first kappa shape index (κ1) is 22.0. The number of para-hydroxylation sites is 1. The molecular weight excluding hydrogens is 401 g/mol. The number of halogens is 2. The van der Waals surface area contributed by atoms with Gasteiger partial charge in [0.2, 0.25) is 0 Å². The highest BCUT2D eigenvalue weighted by Gasteiger charge is 2.32. The molecule has 0 spiro atoms. The Hall–Kier alpha value is -2.28. The standard InChI is InChI=1S/C20H21N3O3.2ClH/c1-13-7-8-18-15(22-13)11-19(26-18)20(24)23-10-9-21-12-16(23)14-5-3-4-6-17(14)25-2;;/h3-8,11,16,21H,9-10,12H2,1-2H3;2*1H. The number of pyridine rings is 1. The predicted molar refractivity (Wildman–Crippen MR) is 113 cm³/mol. The number of aromatic nitrogens is 1. The molecule has 1 atom stereocenters. The van der Waals surface area contributed by atoms with E-state index in [0.717, 1.165) is 23.6 Å². The summed E-state index contributed by atoms with van der Waals surface area (Å²) in [6, 6.07) is 13.1. The third-order valence-electron chi connectivity index (χ3n) is 4.73. The summed E-state index contributed by atoms with van der Waals surface area (Å²) < 4.78 is 11.3. The van der Waals surface area contributed by atoms with E-state index in [9.17, 15) is 4.79 Å². The maximum Gasteiger partial charge on any atom is 0.290 e. The first-order valence-electron chi connectivity index (χ1n) is 8.69. The summed E-state index contributed by atoms with van der Waals surface area (Å²) in [5, 5.41) is 3.36. The van der Waals surface area contributed by atoms with Crippen molar-refractivity contribution in [3.63, 3.8) is 0 Å². The van der Waals surface area contributed by atoms with E-state index in [2.05, 4.69) is 10.3 Å². The van der Waals surface area contributed by atoms with Crippen molar-refractivity contribution in [3.8, 4) is 5.75 Å². The zero-order valence-corrected chi connectivity index (χ0v) is 17.3. The fourth-order valence-corrected chi connectivity index (χ4v) is 3.44. The lowest BCUT2D eigenvalue weighted by Gasteiger charge is -2.36. The fraction of sp³-hybridized carbons (Fsp3) is 0.300. The van der Waals surface area contributed by atoms with Gasteiger partial charge < -0.3 is 19.4 Å². The number of nitrogens with one attached hydrogen (secondary N) is 1. The molecule has 1 N–H and O–H groups in total. The van der Waals surface area contributed by atoms with Crippen LogP contribution in [0.25, 0.3) is 11.1 Å². The van der Waals surface area contributed by atoms with Crippen LogP contribution in [0.3, 0.4) is 0 Å². The molecule has 8 heteroatoms. The minimum absolute atomic E-state index is 0. The number of carbonyl (C=O) groups excluding carboxylic acids is 1. The molecule has 0 bridgehead atoms. The fourth-order valence-electron chi connectivity index (χ4n) is 3.44. The second-order valence-electron chi connectivity index (χ2n) is 6.41. The molecule has 150 valence electrons. The summed E-state index contributed by atoms with van der Waals surface area (Å²) in [5.74, 6) is 0.971. The van der Waals surface area contributed by atoms with Gasteiger partial charge in [0.1, 0.15) is 11.3 Å². The number of methoxy groups -OCH3 is 1. The van der Waals surface area contributed by atoms with Crippen molar-refractivity contribution in [1.82, 2.24) is 15.2 Å². The van der Waals surface area contributed by atoms with Crippen LogP contribution in [0.2, 0.25) is 0 Å². The number of carbonyl (C=O) groups is 1. The number of fused-ring (bicyclic) bond motifs is 1. The van der Waals surface area contributed by atoms with Gasteiger partial charge in [-0.25, -0.2) is 4.98 Å². The second-order valence-corrected chi connectivity index (χ2v) is 6.41. The van der Waals surface area contributed by atoms with Crippen LogP contribution in [-0.4, -0.2) is 42.5 Å². The van der Waals surface area contributed by atoms with Crippen molar-refractivity contribution >= 4 is 41.8 Å². The highest BCUT2D eigenvalue weighted by molar-refractivity contribution is 5.95. The number of ether oxygens (including phenoxy) is 1. The Morgan fingerprint density at radius 1 is 1.25 bits per heavy atom. The minimum atomic E-state index is -0.127. The summed E-state index contributed by atoms with van der Waals surface area (Å²) in [6.45, 7) is 3.94. The van der Waals surface area contributed by atoms with Gasteiger partial charge in [-0.2, -0.15) is 0 Å². The van der Waals surface area contributed by atoms with Crippen molar-refractivity contribution < 1.29 is 13.9 Å². The Bertz CT molecular complexity index is 961. The van der Waals surface area contributed by atoms with Gasteiger partial charge >= 0.3 is 0 Å². The average molecular weight is 424 g/mol. The molecule has 1 unspecified atom stereocenters. The Balaban J connectivity index is 0.00000140. The topological polar surface area (TPSA) is 67.6 Å². The van der Waals surface area contributed by atoms with Gasteiger partial charge in [-0.1, -0.05) is 18.2 Å². The van der Waals surface area contributed by atoms with Gasteiger partial charge in [0, 0.05) is 37.0 Å².